The average molecular weight is 340 g/mol. The van der Waals surface area contributed by atoms with Crippen LogP contribution in [0, 0.1) is 0 Å². The van der Waals surface area contributed by atoms with Gasteiger partial charge in [0.05, 0.1) is 17.8 Å². The Bertz CT molecular complexity index is 728. The number of amides is 1. The van der Waals surface area contributed by atoms with Gasteiger partial charge in [-0.15, -0.1) is 11.8 Å². The van der Waals surface area contributed by atoms with Crippen molar-refractivity contribution in [3.63, 3.8) is 0 Å². The number of piperazine rings is 1. The maximum atomic E-state index is 12.6. The van der Waals surface area contributed by atoms with Crippen molar-refractivity contribution in [3.05, 3.63) is 48.2 Å². The number of benzene rings is 1. The number of hydrogen-bond donors (Lipinski definition) is 2. The summed E-state index contributed by atoms with van der Waals surface area (Å²) in [7, 11) is 0. The zero-order valence-corrected chi connectivity index (χ0v) is 14.2. The molecule has 1 aromatic carbocycles. The summed E-state index contributed by atoms with van der Waals surface area (Å²) in [6, 6.07) is 12.1. The Hall–Kier alpha value is -2.05. The van der Waals surface area contributed by atoms with Crippen molar-refractivity contribution in [2.75, 3.05) is 42.1 Å². The molecule has 24 heavy (non-hydrogen) atoms. The van der Waals surface area contributed by atoms with E-state index in [9.17, 15) is 4.79 Å². The van der Waals surface area contributed by atoms with Crippen LogP contribution in [0.25, 0.3) is 0 Å². The van der Waals surface area contributed by atoms with E-state index in [1.807, 2.05) is 36.5 Å². The van der Waals surface area contributed by atoms with Gasteiger partial charge in [0.1, 0.15) is 5.82 Å². The summed E-state index contributed by atoms with van der Waals surface area (Å²) in [5, 5.41) is 6.30. The summed E-state index contributed by atoms with van der Waals surface area (Å²) in [6.45, 7) is 3.97. The second-order valence-corrected chi connectivity index (χ2v) is 7.09. The molecule has 2 aliphatic rings. The molecule has 1 atom stereocenters. The Labute approximate surface area is 145 Å². The van der Waals surface area contributed by atoms with Gasteiger partial charge in [-0.25, -0.2) is 4.98 Å². The fourth-order valence-corrected chi connectivity index (χ4v) is 4.39. The van der Waals surface area contributed by atoms with Crippen LogP contribution in [0.4, 0.5) is 11.5 Å². The van der Waals surface area contributed by atoms with E-state index >= 15 is 0 Å². The first-order chi connectivity index (χ1) is 11.8. The van der Waals surface area contributed by atoms with Crippen LogP contribution in [0.5, 0.6) is 0 Å². The van der Waals surface area contributed by atoms with Crippen molar-refractivity contribution in [1.82, 2.24) is 10.3 Å². The van der Waals surface area contributed by atoms with Crippen LogP contribution in [-0.4, -0.2) is 42.8 Å². The fraction of sp³-hybridized carbons (Fsp3) is 0.333. The van der Waals surface area contributed by atoms with E-state index in [2.05, 4.69) is 26.6 Å². The number of carbonyl (C=O) groups is 1. The molecule has 5 nitrogen and oxygen atoms in total. The summed E-state index contributed by atoms with van der Waals surface area (Å²) in [6.07, 6.45) is 1.85. The summed E-state index contributed by atoms with van der Waals surface area (Å²) >= 11 is 1.74. The third kappa shape index (κ3) is 3.12. The number of hydrogen-bond acceptors (Lipinski definition) is 5. The summed E-state index contributed by atoms with van der Waals surface area (Å²) in [5.41, 5.74) is 2.23. The first kappa shape index (κ1) is 15.5. The quantitative estimate of drug-likeness (QED) is 0.898. The van der Waals surface area contributed by atoms with E-state index in [1.165, 1.54) is 4.90 Å². The highest BCUT2D eigenvalue weighted by Gasteiger charge is 2.29. The molecule has 1 fully saturated rings. The minimum atomic E-state index is -0.0964. The number of rotatable bonds is 3. The normalized spacial score (nSPS) is 19.8. The van der Waals surface area contributed by atoms with E-state index in [1.54, 1.807) is 11.8 Å². The van der Waals surface area contributed by atoms with Crippen molar-refractivity contribution in [2.45, 2.75) is 10.8 Å². The zero-order valence-electron chi connectivity index (χ0n) is 13.4. The number of aromatic nitrogens is 1. The third-order valence-electron chi connectivity index (χ3n) is 4.50. The molecular formula is C18H20N4OS. The van der Waals surface area contributed by atoms with E-state index < -0.39 is 0 Å². The van der Waals surface area contributed by atoms with Crippen LogP contribution in [0.3, 0.4) is 0 Å². The number of anilines is 2. The van der Waals surface area contributed by atoms with Crippen LogP contribution in [0.15, 0.2) is 47.5 Å². The highest BCUT2D eigenvalue weighted by atomic mass is 32.2. The largest absolute Gasteiger partial charge is 0.368 e. The molecule has 2 N–H and O–H groups in total. The van der Waals surface area contributed by atoms with Crippen LogP contribution in [0.1, 0.15) is 11.5 Å². The number of pyridine rings is 1. The number of thioether (sulfide) groups is 1. The molecule has 0 radical (unpaired) electrons. The second-order valence-electron chi connectivity index (χ2n) is 6.03. The monoisotopic (exact) mass is 340 g/mol. The molecule has 2 aromatic rings. The number of fused-ring (bicyclic) bond motifs is 1. The number of nitrogens with zero attached hydrogens (tertiary/aromatic N) is 2. The molecule has 1 amide bonds. The Morgan fingerprint density at radius 1 is 1.21 bits per heavy atom. The average Bonchev–Trinajstić information content (AvgIpc) is 3.07. The maximum Gasteiger partial charge on any atom is 0.233 e. The first-order valence-electron chi connectivity index (χ1n) is 8.25. The lowest BCUT2D eigenvalue weighted by Crippen LogP contribution is -2.43. The number of carbonyl (C=O) groups excluding carboxylic acids is 1. The van der Waals surface area contributed by atoms with Crippen molar-refractivity contribution in [3.8, 4) is 0 Å². The van der Waals surface area contributed by atoms with Gasteiger partial charge in [0, 0.05) is 36.8 Å². The summed E-state index contributed by atoms with van der Waals surface area (Å²) in [4.78, 5) is 20.5. The molecular weight excluding hydrogens is 320 g/mol. The van der Waals surface area contributed by atoms with Crippen molar-refractivity contribution in [1.29, 1.82) is 0 Å². The predicted octanol–water partition coefficient (Wildman–Crippen LogP) is 2.32. The standard InChI is InChI=1S/C18H20N4OS/c23-18(15-12-24-16-4-2-1-3-14(15)16)21-17-6-5-13(11-20-17)22-9-7-19-8-10-22/h1-6,11,15,19H,7-10,12H2,(H,20,21,23). The molecule has 0 aliphatic carbocycles. The van der Waals surface area contributed by atoms with E-state index in [4.69, 9.17) is 0 Å². The lowest BCUT2D eigenvalue weighted by atomic mass is 10.0. The van der Waals surface area contributed by atoms with Gasteiger partial charge in [0.2, 0.25) is 5.91 Å². The minimum Gasteiger partial charge on any atom is -0.368 e. The molecule has 3 heterocycles. The van der Waals surface area contributed by atoms with E-state index in [0.29, 0.717) is 5.82 Å². The van der Waals surface area contributed by atoms with Gasteiger partial charge >= 0.3 is 0 Å². The molecule has 1 saturated heterocycles. The molecule has 4 rings (SSSR count). The highest BCUT2D eigenvalue weighted by Crippen LogP contribution is 2.39. The molecule has 1 aromatic heterocycles. The third-order valence-corrected chi connectivity index (χ3v) is 5.68. The van der Waals surface area contributed by atoms with Crippen molar-refractivity contribution in [2.24, 2.45) is 0 Å². The summed E-state index contributed by atoms with van der Waals surface area (Å²) in [5.74, 6) is 1.34. The molecule has 1 unspecified atom stereocenters. The predicted molar refractivity (Wildman–Crippen MR) is 97.9 cm³/mol. The van der Waals surface area contributed by atoms with E-state index in [0.717, 1.165) is 43.2 Å². The fourth-order valence-electron chi connectivity index (χ4n) is 3.16. The van der Waals surface area contributed by atoms with Crippen LogP contribution in [0.2, 0.25) is 0 Å². The topological polar surface area (TPSA) is 57.3 Å². The highest BCUT2D eigenvalue weighted by molar-refractivity contribution is 7.99. The van der Waals surface area contributed by atoms with E-state index in [-0.39, 0.29) is 11.8 Å². The molecule has 2 aliphatic heterocycles. The lowest BCUT2D eigenvalue weighted by Gasteiger charge is -2.29. The van der Waals surface area contributed by atoms with Gasteiger partial charge in [-0.3, -0.25) is 4.79 Å². The van der Waals surface area contributed by atoms with Crippen molar-refractivity contribution < 1.29 is 4.79 Å². The smallest absolute Gasteiger partial charge is 0.233 e. The minimum absolute atomic E-state index is 0.0230. The van der Waals surface area contributed by atoms with Gasteiger partial charge in [0.25, 0.3) is 0 Å². The SMILES string of the molecule is O=C(Nc1ccc(N2CCNCC2)cn1)C1CSc2ccccc21. The van der Waals surface area contributed by atoms with Crippen LogP contribution < -0.4 is 15.5 Å². The number of nitrogens with one attached hydrogen (secondary N) is 2. The summed E-state index contributed by atoms with van der Waals surface area (Å²) < 4.78 is 0. The zero-order chi connectivity index (χ0) is 16.4. The van der Waals surface area contributed by atoms with Gasteiger partial charge in [-0.2, -0.15) is 0 Å². The van der Waals surface area contributed by atoms with Crippen LogP contribution >= 0.6 is 11.8 Å². The Morgan fingerprint density at radius 2 is 2.04 bits per heavy atom. The first-order valence-corrected chi connectivity index (χ1v) is 9.24. The molecule has 0 bridgehead atoms. The molecule has 6 heteroatoms. The Kier molecular flexibility index (Phi) is 4.40. The van der Waals surface area contributed by atoms with Gasteiger partial charge in [-0.1, -0.05) is 18.2 Å². The maximum absolute atomic E-state index is 12.6. The molecule has 0 spiro atoms. The Balaban J connectivity index is 1.43. The molecule has 124 valence electrons. The van der Waals surface area contributed by atoms with Gasteiger partial charge in [0.15, 0.2) is 0 Å². The molecule has 0 saturated carbocycles. The second kappa shape index (κ2) is 6.83. The van der Waals surface area contributed by atoms with Crippen LogP contribution in [-0.2, 0) is 4.79 Å². The Morgan fingerprint density at radius 3 is 2.83 bits per heavy atom. The van der Waals surface area contributed by atoms with Crippen molar-refractivity contribution >= 4 is 29.2 Å². The van der Waals surface area contributed by atoms with Gasteiger partial charge < -0.3 is 15.5 Å². The lowest BCUT2D eigenvalue weighted by molar-refractivity contribution is -0.117. The van der Waals surface area contributed by atoms with Gasteiger partial charge in [-0.05, 0) is 23.8 Å².